The summed E-state index contributed by atoms with van der Waals surface area (Å²) in [5.41, 5.74) is 6.19. The number of nitrogens with zero attached hydrogens (tertiary/aromatic N) is 1. The number of rotatable bonds is 4. The van der Waals surface area contributed by atoms with Crippen LogP contribution in [0.1, 0.15) is 27.4 Å². The molecule has 1 aromatic heterocycles. The quantitative estimate of drug-likeness (QED) is 0.509. The summed E-state index contributed by atoms with van der Waals surface area (Å²) in [7, 11) is 0. The van der Waals surface area contributed by atoms with Crippen molar-refractivity contribution in [2.75, 3.05) is 5.73 Å². The number of aryl methyl sites for hydroxylation is 2. The molecule has 7 nitrogen and oxygen atoms in total. The van der Waals surface area contributed by atoms with Gasteiger partial charge < -0.3 is 15.5 Å². The van der Waals surface area contributed by atoms with Crippen molar-refractivity contribution in [3.8, 4) is 0 Å². The molecule has 1 heterocycles. The van der Waals surface area contributed by atoms with E-state index in [2.05, 4.69) is 5.32 Å². The summed E-state index contributed by atoms with van der Waals surface area (Å²) in [5.74, 6) is 1.01. The Morgan fingerprint density at radius 3 is 2.71 bits per heavy atom. The van der Waals surface area contributed by atoms with E-state index in [9.17, 15) is 14.9 Å². The Morgan fingerprint density at radius 1 is 1.43 bits per heavy atom. The summed E-state index contributed by atoms with van der Waals surface area (Å²) in [4.78, 5) is 22.3. The maximum atomic E-state index is 12.1. The zero-order valence-electron chi connectivity index (χ0n) is 11.7. The van der Waals surface area contributed by atoms with Crippen LogP contribution < -0.4 is 11.1 Å². The van der Waals surface area contributed by atoms with Crippen LogP contribution in [0.3, 0.4) is 0 Å². The summed E-state index contributed by atoms with van der Waals surface area (Å²) in [6, 6.07) is 5.96. The molecule has 0 fully saturated rings. The number of nitro benzene ring substituents is 1. The Kier molecular flexibility index (Phi) is 3.93. The van der Waals surface area contributed by atoms with Crippen molar-refractivity contribution in [1.82, 2.24) is 5.32 Å². The number of amides is 1. The standard InChI is InChI=1S/C14H15N3O4/c1-8-6-10(9(2)21-8)7-16-14(18)11-4-3-5-12(13(11)15)17(19)20/h3-6H,7,15H2,1-2H3,(H,16,18). The molecule has 0 saturated carbocycles. The fraction of sp³-hybridized carbons (Fsp3) is 0.214. The molecule has 0 aliphatic carbocycles. The number of anilines is 1. The van der Waals surface area contributed by atoms with Crippen LogP contribution in [-0.4, -0.2) is 10.8 Å². The van der Waals surface area contributed by atoms with Crippen molar-refractivity contribution >= 4 is 17.3 Å². The van der Waals surface area contributed by atoms with Gasteiger partial charge in [-0.25, -0.2) is 0 Å². The van der Waals surface area contributed by atoms with Gasteiger partial charge in [0.1, 0.15) is 17.2 Å². The van der Waals surface area contributed by atoms with Gasteiger partial charge in [-0.3, -0.25) is 14.9 Å². The third-order valence-electron chi connectivity index (χ3n) is 3.11. The number of hydrogen-bond donors (Lipinski definition) is 2. The largest absolute Gasteiger partial charge is 0.466 e. The Labute approximate surface area is 120 Å². The van der Waals surface area contributed by atoms with Gasteiger partial charge in [-0.05, 0) is 26.0 Å². The lowest BCUT2D eigenvalue weighted by atomic mass is 10.1. The molecule has 2 aromatic rings. The zero-order valence-corrected chi connectivity index (χ0v) is 11.7. The Morgan fingerprint density at radius 2 is 2.14 bits per heavy atom. The molecule has 3 N–H and O–H groups in total. The highest BCUT2D eigenvalue weighted by atomic mass is 16.6. The fourth-order valence-corrected chi connectivity index (χ4v) is 2.04. The average molecular weight is 289 g/mol. The number of hydrogen-bond acceptors (Lipinski definition) is 5. The van der Waals surface area contributed by atoms with E-state index in [1.165, 1.54) is 18.2 Å². The van der Waals surface area contributed by atoms with E-state index in [1.54, 1.807) is 6.92 Å². The fourth-order valence-electron chi connectivity index (χ4n) is 2.04. The van der Waals surface area contributed by atoms with Crippen molar-refractivity contribution in [2.24, 2.45) is 0 Å². The first kappa shape index (κ1) is 14.6. The lowest BCUT2D eigenvalue weighted by Crippen LogP contribution is -2.24. The average Bonchev–Trinajstić information content (AvgIpc) is 2.74. The van der Waals surface area contributed by atoms with Gasteiger partial charge in [-0.2, -0.15) is 0 Å². The van der Waals surface area contributed by atoms with E-state index in [-0.39, 0.29) is 23.5 Å². The lowest BCUT2D eigenvalue weighted by Gasteiger charge is -2.07. The van der Waals surface area contributed by atoms with Crippen LogP contribution in [0.4, 0.5) is 11.4 Å². The molecule has 0 radical (unpaired) electrons. The molecular formula is C14H15N3O4. The molecule has 2 rings (SSSR count). The summed E-state index contributed by atoms with van der Waals surface area (Å²) in [5, 5.41) is 13.5. The van der Waals surface area contributed by atoms with E-state index in [0.29, 0.717) is 0 Å². The molecule has 0 aliphatic heterocycles. The SMILES string of the molecule is Cc1cc(CNC(=O)c2cccc([N+](=O)[O-])c2N)c(C)o1. The van der Waals surface area contributed by atoms with Gasteiger partial charge in [0.15, 0.2) is 0 Å². The minimum atomic E-state index is -0.615. The third kappa shape index (κ3) is 3.02. The zero-order chi connectivity index (χ0) is 15.6. The molecule has 0 saturated heterocycles. The van der Waals surface area contributed by atoms with E-state index in [0.717, 1.165) is 17.1 Å². The van der Waals surface area contributed by atoms with Gasteiger partial charge in [-0.15, -0.1) is 0 Å². The molecule has 1 aromatic carbocycles. The van der Waals surface area contributed by atoms with Crippen molar-refractivity contribution in [1.29, 1.82) is 0 Å². The summed E-state index contributed by atoms with van der Waals surface area (Å²) >= 11 is 0. The molecule has 0 aliphatic rings. The molecular weight excluding hydrogens is 274 g/mol. The topological polar surface area (TPSA) is 111 Å². The maximum absolute atomic E-state index is 12.1. The molecule has 110 valence electrons. The second-order valence-corrected chi connectivity index (χ2v) is 4.62. The normalized spacial score (nSPS) is 10.4. The first-order chi connectivity index (χ1) is 9.90. The summed E-state index contributed by atoms with van der Waals surface area (Å²) < 4.78 is 5.36. The van der Waals surface area contributed by atoms with Crippen molar-refractivity contribution in [3.05, 3.63) is 57.0 Å². The summed E-state index contributed by atoms with van der Waals surface area (Å²) in [6.45, 7) is 3.89. The molecule has 1 amide bonds. The van der Waals surface area contributed by atoms with Crippen molar-refractivity contribution in [3.63, 3.8) is 0 Å². The first-order valence-electron chi connectivity index (χ1n) is 6.27. The van der Waals surface area contributed by atoms with Crippen LogP contribution in [0.5, 0.6) is 0 Å². The lowest BCUT2D eigenvalue weighted by molar-refractivity contribution is -0.383. The molecule has 0 spiro atoms. The first-order valence-corrected chi connectivity index (χ1v) is 6.27. The highest BCUT2D eigenvalue weighted by Gasteiger charge is 2.19. The number of nitro groups is 1. The summed E-state index contributed by atoms with van der Waals surface area (Å²) in [6.07, 6.45) is 0. The monoisotopic (exact) mass is 289 g/mol. The smallest absolute Gasteiger partial charge is 0.292 e. The van der Waals surface area contributed by atoms with Crippen LogP contribution >= 0.6 is 0 Å². The Bertz CT molecular complexity index is 706. The van der Waals surface area contributed by atoms with E-state index in [4.69, 9.17) is 10.2 Å². The molecule has 7 heteroatoms. The molecule has 0 atom stereocenters. The number of nitrogens with two attached hydrogens (primary N) is 1. The Balaban J connectivity index is 2.16. The van der Waals surface area contributed by atoms with Crippen molar-refractivity contribution < 1.29 is 14.1 Å². The minimum absolute atomic E-state index is 0.0852. The number of carbonyl (C=O) groups excluding carboxylic acids is 1. The van der Waals surface area contributed by atoms with E-state index >= 15 is 0 Å². The molecule has 0 unspecified atom stereocenters. The number of benzene rings is 1. The van der Waals surface area contributed by atoms with Crippen molar-refractivity contribution in [2.45, 2.75) is 20.4 Å². The van der Waals surface area contributed by atoms with Crippen LogP contribution in [-0.2, 0) is 6.54 Å². The van der Waals surface area contributed by atoms with Gasteiger partial charge in [0.05, 0.1) is 10.5 Å². The number of carbonyl (C=O) groups is 1. The number of nitrogen functional groups attached to an aromatic ring is 1. The van der Waals surface area contributed by atoms with Gasteiger partial charge in [0.2, 0.25) is 0 Å². The Hall–Kier alpha value is -2.83. The van der Waals surface area contributed by atoms with Gasteiger partial charge >= 0.3 is 0 Å². The second kappa shape index (κ2) is 5.66. The highest BCUT2D eigenvalue weighted by molar-refractivity contribution is 6.00. The molecule has 21 heavy (non-hydrogen) atoms. The number of nitrogens with one attached hydrogen (secondary N) is 1. The van der Waals surface area contributed by atoms with Crippen LogP contribution in [0.25, 0.3) is 0 Å². The predicted molar refractivity (Wildman–Crippen MR) is 76.9 cm³/mol. The van der Waals surface area contributed by atoms with Gasteiger partial charge in [0, 0.05) is 18.2 Å². The highest BCUT2D eigenvalue weighted by Crippen LogP contribution is 2.24. The van der Waals surface area contributed by atoms with E-state index < -0.39 is 10.8 Å². The predicted octanol–water partition coefficient (Wildman–Crippen LogP) is 2.32. The molecule has 0 bridgehead atoms. The number of furan rings is 1. The van der Waals surface area contributed by atoms with Crippen LogP contribution in [0.15, 0.2) is 28.7 Å². The third-order valence-corrected chi connectivity index (χ3v) is 3.11. The van der Waals surface area contributed by atoms with E-state index in [1.807, 2.05) is 13.0 Å². The minimum Gasteiger partial charge on any atom is -0.466 e. The maximum Gasteiger partial charge on any atom is 0.292 e. The van der Waals surface area contributed by atoms with Gasteiger partial charge in [-0.1, -0.05) is 6.07 Å². The van der Waals surface area contributed by atoms with Crippen LogP contribution in [0.2, 0.25) is 0 Å². The second-order valence-electron chi connectivity index (χ2n) is 4.62. The number of para-hydroxylation sites is 1. The van der Waals surface area contributed by atoms with Gasteiger partial charge in [0.25, 0.3) is 11.6 Å². The van der Waals surface area contributed by atoms with Crippen LogP contribution in [0, 0.1) is 24.0 Å².